The molecular weight excluding hydrogens is 933 g/mol. The van der Waals surface area contributed by atoms with Crippen LogP contribution >= 0.6 is 21.6 Å². The number of amides is 2. The first kappa shape index (κ1) is 49.6. The van der Waals surface area contributed by atoms with Crippen molar-refractivity contribution in [3.63, 3.8) is 0 Å². The van der Waals surface area contributed by atoms with E-state index in [2.05, 4.69) is 126 Å². The number of nitrogens with zero attached hydrogens (tertiary/aromatic N) is 4. The van der Waals surface area contributed by atoms with Gasteiger partial charge in [-0.1, -0.05) is 74.4 Å². The molecule has 2 amide bonds. The molecule has 10 nitrogen and oxygen atoms in total. The summed E-state index contributed by atoms with van der Waals surface area (Å²) in [5.74, 6) is 1.94. The van der Waals surface area contributed by atoms with E-state index >= 15 is 0 Å². The number of ether oxygens (including phenoxy) is 2. The van der Waals surface area contributed by atoms with E-state index in [1.54, 1.807) is 38.4 Å². The van der Waals surface area contributed by atoms with Crippen LogP contribution in [0.2, 0.25) is 0 Å². The van der Waals surface area contributed by atoms with Gasteiger partial charge in [0.25, 0.3) is 11.8 Å². The van der Waals surface area contributed by atoms with Gasteiger partial charge in [0.1, 0.15) is 0 Å². The van der Waals surface area contributed by atoms with Crippen molar-refractivity contribution in [2.45, 2.75) is 115 Å². The van der Waals surface area contributed by atoms with Crippen LogP contribution in [0.5, 0.6) is 0 Å². The maximum Gasteiger partial charge on any atom is 0.251 e. The Morgan fingerprint density at radius 1 is 0.708 bits per heavy atom. The maximum absolute atomic E-state index is 13.5. The lowest BCUT2D eigenvalue weighted by Gasteiger charge is -2.40. The van der Waals surface area contributed by atoms with Crippen LogP contribution in [0.15, 0.2) is 66.7 Å². The first-order valence-corrected chi connectivity index (χ1v) is 29.7. The molecule has 0 spiro atoms. The molecule has 0 aliphatic carbocycles. The van der Waals surface area contributed by atoms with E-state index in [0.717, 1.165) is 68.3 Å². The molecule has 4 aromatic rings. The number of benzene rings is 4. The van der Waals surface area contributed by atoms with E-state index in [0.29, 0.717) is 43.3 Å². The van der Waals surface area contributed by atoms with Gasteiger partial charge in [0.15, 0.2) is 5.72 Å². The largest absolute Gasteiger partial charge is 0.380 e. The number of rotatable bonds is 18. The van der Waals surface area contributed by atoms with E-state index in [1.807, 2.05) is 12.1 Å². The van der Waals surface area contributed by atoms with Crippen LogP contribution in [0.1, 0.15) is 138 Å². The predicted octanol–water partition coefficient (Wildman–Crippen LogP) is 10.5. The number of hydrogen-bond acceptors (Lipinski definition) is 10. The molecule has 0 aromatic heterocycles. The normalized spacial score (nSPS) is 21.3. The van der Waals surface area contributed by atoms with Gasteiger partial charge in [-0.2, -0.15) is 0 Å². The highest BCUT2D eigenvalue weighted by Gasteiger charge is 2.59. The van der Waals surface area contributed by atoms with Gasteiger partial charge in [-0.25, -0.2) is 0 Å². The Balaban J connectivity index is 0.603. The average molecular weight is 1010 g/mol. The minimum Gasteiger partial charge on any atom is -0.380 e. The SMILES string of the molecule is CC(CCOCCN1CC(C)(C)c2cc(C(=O)NCCSSCCNC(=O)c3ccc4c(c3)C(C)(C)C3(/C=C/c5cc6c7c(c5)CCCN7CCC6)OCCN43)ccc21)c1cc2c3c(c1)CCCN3CCC2. The molecule has 2 atom stereocenters. The smallest absolute Gasteiger partial charge is 0.251 e. The summed E-state index contributed by atoms with van der Waals surface area (Å²) in [6.45, 7) is 22.0. The monoisotopic (exact) mass is 1010 g/mol. The summed E-state index contributed by atoms with van der Waals surface area (Å²) < 4.78 is 13.0. The fourth-order valence-corrected chi connectivity index (χ4v) is 15.2. The van der Waals surface area contributed by atoms with Gasteiger partial charge in [-0.15, -0.1) is 0 Å². The third-order valence-corrected chi connectivity index (χ3v) is 19.5. The van der Waals surface area contributed by atoms with Gasteiger partial charge in [0.05, 0.1) is 13.2 Å². The lowest BCUT2D eigenvalue weighted by atomic mass is 9.76. The molecule has 1 saturated heterocycles. The Hall–Kier alpha value is -4.62. The topological polar surface area (TPSA) is 89.6 Å². The van der Waals surface area contributed by atoms with Crippen LogP contribution in [0.25, 0.3) is 6.08 Å². The first-order valence-electron chi connectivity index (χ1n) is 27.2. The van der Waals surface area contributed by atoms with E-state index in [4.69, 9.17) is 9.47 Å². The van der Waals surface area contributed by atoms with Crippen molar-refractivity contribution in [1.29, 1.82) is 0 Å². The highest BCUT2D eigenvalue weighted by atomic mass is 33.1. The Kier molecular flexibility index (Phi) is 14.2. The van der Waals surface area contributed by atoms with Crippen molar-refractivity contribution in [1.82, 2.24) is 10.6 Å². The highest BCUT2D eigenvalue weighted by Crippen LogP contribution is 2.55. The van der Waals surface area contributed by atoms with E-state index in [1.165, 1.54) is 104 Å². The lowest BCUT2D eigenvalue weighted by molar-refractivity contribution is 0.000320. The summed E-state index contributed by atoms with van der Waals surface area (Å²) in [6.07, 6.45) is 15.3. The summed E-state index contributed by atoms with van der Waals surface area (Å²) in [5.41, 5.74) is 16.9. The lowest BCUT2D eigenvalue weighted by Crippen LogP contribution is -2.51. The summed E-state index contributed by atoms with van der Waals surface area (Å²) in [5, 5.41) is 6.29. The summed E-state index contributed by atoms with van der Waals surface area (Å²) in [4.78, 5) is 36.9. The Morgan fingerprint density at radius 2 is 1.26 bits per heavy atom. The zero-order chi connectivity index (χ0) is 49.6. The second-order valence-electron chi connectivity index (χ2n) is 22.6. The minimum atomic E-state index is -0.617. The number of hydrogen-bond donors (Lipinski definition) is 2. The molecule has 12 heteroatoms. The molecule has 1 fully saturated rings. The molecule has 72 heavy (non-hydrogen) atoms. The molecule has 2 unspecified atom stereocenters. The van der Waals surface area contributed by atoms with Crippen LogP contribution in [-0.2, 0) is 46.0 Å². The standard InChI is InChI=1S/C60H76N6O4S2/c1-41(49-36-45-12-8-25-64-26-9-13-46(37-49)55(45)64)19-29-69-30-27-65-40-58(2,3)50-38-47(14-16-52(50)65)56(67)61-21-32-71-72-33-22-62-57(68)48-15-17-53-51(39-48)59(4,5)60(66(53)28-31-70-60)20-18-42-34-43-10-6-23-63-24-7-11-44(35-42)54(43)63/h14-18,20,34-39,41H,6-13,19,21-33,40H2,1-5H3,(H,61,67)(H,62,68)/b20-18+. The zero-order valence-electron chi connectivity index (χ0n) is 43.5. The molecule has 382 valence electrons. The first-order chi connectivity index (χ1) is 34.9. The van der Waals surface area contributed by atoms with Crippen molar-refractivity contribution in [2.24, 2.45) is 0 Å². The molecule has 2 N–H and O–H groups in total. The van der Waals surface area contributed by atoms with Gasteiger partial charge in [-0.05, 0) is 163 Å². The highest BCUT2D eigenvalue weighted by molar-refractivity contribution is 8.76. The maximum atomic E-state index is 13.5. The van der Waals surface area contributed by atoms with Crippen molar-refractivity contribution < 1.29 is 19.1 Å². The van der Waals surface area contributed by atoms with Gasteiger partial charge >= 0.3 is 0 Å². The number of carbonyl (C=O) groups excluding carboxylic acids is 2. The zero-order valence-corrected chi connectivity index (χ0v) is 45.1. The molecule has 11 rings (SSSR count). The Morgan fingerprint density at radius 3 is 1.86 bits per heavy atom. The van der Waals surface area contributed by atoms with Gasteiger partial charge in [0, 0.05) is 122 Å². The molecule has 7 heterocycles. The molecule has 0 bridgehead atoms. The third-order valence-electron chi connectivity index (χ3n) is 17.1. The second-order valence-corrected chi connectivity index (χ2v) is 25.3. The summed E-state index contributed by atoms with van der Waals surface area (Å²) in [6, 6.07) is 22.1. The molecule has 7 aliphatic heterocycles. The van der Waals surface area contributed by atoms with Crippen LogP contribution in [0.4, 0.5) is 22.7 Å². The van der Waals surface area contributed by atoms with Crippen molar-refractivity contribution in [2.75, 3.05) is 110 Å². The third kappa shape index (κ3) is 9.45. The van der Waals surface area contributed by atoms with Crippen LogP contribution < -0.4 is 30.2 Å². The number of aryl methyl sites for hydroxylation is 4. The Labute approximate surface area is 436 Å². The van der Waals surface area contributed by atoms with E-state index in [9.17, 15) is 9.59 Å². The molecular formula is C60H76N6O4S2. The molecule has 0 saturated carbocycles. The second kappa shape index (κ2) is 20.6. The van der Waals surface area contributed by atoms with Gasteiger partial charge in [0.2, 0.25) is 0 Å². The van der Waals surface area contributed by atoms with Crippen LogP contribution in [0.3, 0.4) is 0 Å². The minimum absolute atomic E-state index is 0.0373. The van der Waals surface area contributed by atoms with Crippen LogP contribution in [0, 0.1) is 0 Å². The van der Waals surface area contributed by atoms with Gasteiger partial charge < -0.3 is 39.7 Å². The molecule has 7 aliphatic rings. The van der Waals surface area contributed by atoms with E-state index < -0.39 is 5.72 Å². The predicted molar refractivity (Wildman–Crippen MR) is 300 cm³/mol. The van der Waals surface area contributed by atoms with Crippen molar-refractivity contribution >= 4 is 62.2 Å². The fraction of sp³-hybridized carbons (Fsp3) is 0.533. The number of carbonyl (C=O) groups is 2. The van der Waals surface area contributed by atoms with Gasteiger partial charge in [-0.3, -0.25) is 9.59 Å². The van der Waals surface area contributed by atoms with Crippen molar-refractivity contribution in [3.8, 4) is 0 Å². The number of nitrogens with one attached hydrogen (secondary N) is 2. The molecule has 4 aromatic carbocycles. The van der Waals surface area contributed by atoms with Crippen LogP contribution in [-0.4, -0.2) is 108 Å². The van der Waals surface area contributed by atoms with Crippen molar-refractivity contribution in [3.05, 3.63) is 122 Å². The summed E-state index contributed by atoms with van der Waals surface area (Å²) >= 11 is 0. The number of anilines is 4. The van der Waals surface area contributed by atoms with E-state index in [-0.39, 0.29) is 22.6 Å². The fourth-order valence-electron chi connectivity index (χ4n) is 13.3. The average Bonchev–Trinajstić information content (AvgIpc) is 3.99. The summed E-state index contributed by atoms with van der Waals surface area (Å²) in [7, 11) is 3.44. The number of fused-ring (bicyclic) bond motifs is 4. The quantitative estimate of drug-likeness (QED) is 0.0742. The Bertz CT molecular complexity index is 2680. The molecule has 0 radical (unpaired) electrons.